The Kier molecular flexibility index (Phi) is 3.36. The number of aromatic hydroxyl groups is 1. The van der Waals surface area contributed by atoms with Gasteiger partial charge in [-0.3, -0.25) is 4.79 Å². The Labute approximate surface area is 93.4 Å². The van der Waals surface area contributed by atoms with Gasteiger partial charge in [0.25, 0.3) is 0 Å². The molecule has 1 aromatic rings. The van der Waals surface area contributed by atoms with Gasteiger partial charge in [0, 0.05) is 10.0 Å². The van der Waals surface area contributed by atoms with Crippen LogP contribution in [0.3, 0.4) is 0 Å². The molecule has 6 heteroatoms. The summed E-state index contributed by atoms with van der Waals surface area (Å²) < 4.78 is 0.490. The van der Waals surface area contributed by atoms with Crippen molar-refractivity contribution < 1.29 is 15.0 Å². The van der Waals surface area contributed by atoms with E-state index in [-0.39, 0.29) is 11.3 Å². The summed E-state index contributed by atoms with van der Waals surface area (Å²) in [6.07, 6.45) is 0. The number of rotatable bonds is 2. The van der Waals surface area contributed by atoms with Crippen LogP contribution in [0.5, 0.6) is 5.75 Å². The molecule has 0 heterocycles. The number of phenols is 1. The standard InChI is InChI=1S/C8H7BrClNO3/c9-4-1-3(7(11)8(13)14)6(12)2-5(4)10/h1-2,7,12H,11H2,(H,13,14). The van der Waals surface area contributed by atoms with Crippen LogP contribution in [-0.4, -0.2) is 16.2 Å². The second kappa shape index (κ2) is 4.16. The normalized spacial score (nSPS) is 12.5. The molecule has 0 amide bonds. The number of carboxylic acid groups (broad SMARTS) is 1. The molecule has 14 heavy (non-hydrogen) atoms. The molecule has 1 atom stereocenters. The van der Waals surface area contributed by atoms with E-state index in [0.717, 1.165) is 0 Å². The third kappa shape index (κ3) is 2.17. The topological polar surface area (TPSA) is 83.6 Å². The first-order valence-electron chi connectivity index (χ1n) is 3.59. The minimum absolute atomic E-state index is 0.119. The molecule has 1 rings (SSSR count). The van der Waals surface area contributed by atoms with Crippen molar-refractivity contribution in [2.24, 2.45) is 5.73 Å². The predicted octanol–water partition coefficient (Wildman–Crippen LogP) is 1.89. The fraction of sp³-hybridized carbons (Fsp3) is 0.125. The van der Waals surface area contributed by atoms with Crippen LogP contribution in [-0.2, 0) is 4.79 Å². The lowest BCUT2D eigenvalue weighted by molar-refractivity contribution is -0.138. The first kappa shape index (κ1) is 11.3. The molecule has 0 aromatic heterocycles. The van der Waals surface area contributed by atoms with Crippen LogP contribution < -0.4 is 5.73 Å². The SMILES string of the molecule is NC(C(=O)O)c1cc(Br)c(Cl)cc1O. The fourth-order valence-electron chi connectivity index (χ4n) is 0.934. The summed E-state index contributed by atoms with van der Waals surface area (Å²) in [5, 5.41) is 18.3. The van der Waals surface area contributed by atoms with Gasteiger partial charge < -0.3 is 15.9 Å². The van der Waals surface area contributed by atoms with Crippen LogP contribution in [0, 0.1) is 0 Å². The quantitative estimate of drug-likeness (QED) is 0.772. The van der Waals surface area contributed by atoms with E-state index in [2.05, 4.69) is 15.9 Å². The first-order valence-corrected chi connectivity index (χ1v) is 4.77. The van der Waals surface area contributed by atoms with Crippen LogP contribution in [0.15, 0.2) is 16.6 Å². The summed E-state index contributed by atoms with van der Waals surface area (Å²) in [5.41, 5.74) is 5.45. The van der Waals surface area contributed by atoms with E-state index in [1.807, 2.05) is 0 Å². The Morgan fingerprint density at radius 3 is 2.64 bits per heavy atom. The highest BCUT2D eigenvalue weighted by Gasteiger charge is 2.19. The summed E-state index contributed by atoms with van der Waals surface area (Å²) in [6.45, 7) is 0. The summed E-state index contributed by atoms with van der Waals surface area (Å²) in [5.74, 6) is -1.44. The summed E-state index contributed by atoms with van der Waals surface area (Å²) in [4.78, 5) is 10.6. The average molecular weight is 281 g/mol. The van der Waals surface area contributed by atoms with Gasteiger partial charge in [0.05, 0.1) is 5.02 Å². The lowest BCUT2D eigenvalue weighted by Gasteiger charge is -2.10. The molecule has 4 nitrogen and oxygen atoms in total. The molecule has 1 aromatic carbocycles. The van der Waals surface area contributed by atoms with Gasteiger partial charge in [0.15, 0.2) is 0 Å². The monoisotopic (exact) mass is 279 g/mol. The smallest absolute Gasteiger partial charge is 0.325 e. The highest BCUT2D eigenvalue weighted by Crippen LogP contribution is 2.32. The molecule has 0 saturated carbocycles. The van der Waals surface area contributed by atoms with Crippen molar-refractivity contribution in [3.8, 4) is 5.75 Å². The zero-order chi connectivity index (χ0) is 10.9. The van der Waals surface area contributed by atoms with Crippen molar-refractivity contribution >= 4 is 33.5 Å². The van der Waals surface area contributed by atoms with E-state index in [4.69, 9.17) is 22.4 Å². The molecule has 0 radical (unpaired) electrons. The van der Waals surface area contributed by atoms with Gasteiger partial charge >= 0.3 is 5.97 Å². The maximum atomic E-state index is 10.6. The third-order valence-corrected chi connectivity index (χ3v) is 2.87. The number of hydrogen-bond acceptors (Lipinski definition) is 3. The van der Waals surface area contributed by atoms with Crippen molar-refractivity contribution in [3.63, 3.8) is 0 Å². The molecular weight excluding hydrogens is 273 g/mol. The van der Waals surface area contributed by atoms with Crippen LogP contribution in [0.4, 0.5) is 0 Å². The number of phenolic OH excluding ortho intramolecular Hbond substituents is 1. The van der Waals surface area contributed by atoms with E-state index in [9.17, 15) is 9.90 Å². The molecule has 0 aliphatic rings. The lowest BCUT2D eigenvalue weighted by Crippen LogP contribution is -2.20. The largest absolute Gasteiger partial charge is 0.508 e. The molecule has 4 N–H and O–H groups in total. The first-order chi connectivity index (χ1) is 6.43. The molecule has 0 aliphatic heterocycles. The van der Waals surface area contributed by atoms with E-state index in [0.29, 0.717) is 9.50 Å². The molecule has 0 fully saturated rings. The number of carbonyl (C=O) groups is 1. The van der Waals surface area contributed by atoms with Gasteiger partial charge in [-0.2, -0.15) is 0 Å². The van der Waals surface area contributed by atoms with Gasteiger partial charge in [0.2, 0.25) is 0 Å². The van der Waals surface area contributed by atoms with Crippen LogP contribution >= 0.6 is 27.5 Å². The molecular formula is C8H7BrClNO3. The van der Waals surface area contributed by atoms with Crippen LogP contribution in [0.25, 0.3) is 0 Å². The zero-order valence-corrected chi connectivity index (χ0v) is 9.21. The number of nitrogens with two attached hydrogens (primary N) is 1. The Balaban J connectivity index is 3.22. The van der Waals surface area contributed by atoms with Crippen LogP contribution in [0.1, 0.15) is 11.6 Å². The maximum Gasteiger partial charge on any atom is 0.325 e. The van der Waals surface area contributed by atoms with E-state index < -0.39 is 12.0 Å². The minimum Gasteiger partial charge on any atom is -0.508 e. The van der Waals surface area contributed by atoms with Crippen molar-refractivity contribution in [2.75, 3.05) is 0 Å². The molecule has 76 valence electrons. The molecule has 1 unspecified atom stereocenters. The highest BCUT2D eigenvalue weighted by molar-refractivity contribution is 9.10. The zero-order valence-electron chi connectivity index (χ0n) is 6.87. The van der Waals surface area contributed by atoms with Crippen molar-refractivity contribution in [2.45, 2.75) is 6.04 Å². The van der Waals surface area contributed by atoms with E-state index >= 15 is 0 Å². The summed E-state index contributed by atoms with van der Waals surface area (Å²) in [6, 6.07) is 1.36. The second-order valence-corrected chi connectivity index (χ2v) is 3.90. The van der Waals surface area contributed by atoms with Gasteiger partial charge in [-0.15, -0.1) is 0 Å². The molecule has 0 aliphatic carbocycles. The molecule has 0 saturated heterocycles. The fourth-order valence-corrected chi connectivity index (χ4v) is 1.45. The van der Waals surface area contributed by atoms with Gasteiger partial charge in [-0.1, -0.05) is 11.6 Å². The van der Waals surface area contributed by atoms with Crippen molar-refractivity contribution in [1.29, 1.82) is 0 Å². The second-order valence-electron chi connectivity index (χ2n) is 2.64. The Bertz CT molecular complexity index is 383. The number of halogens is 2. The number of hydrogen-bond donors (Lipinski definition) is 3. The van der Waals surface area contributed by atoms with E-state index in [1.54, 1.807) is 0 Å². The van der Waals surface area contributed by atoms with E-state index in [1.165, 1.54) is 12.1 Å². The summed E-state index contributed by atoms with van der Waals surface area (Å²) >= 11 is 8.78. The van der Waals surface area contributed by atoms with Crippen molar-refractivity contribution in [3.05, 3.63) is 27.2 Å². The number of aliphatic carboxylic acids is 1. The number of carboxylic acids is 1. The molecule has 0 bridgehead atoms. The van der Waals surface area contributed by atoms with Gasteiger partial charge in [-0.25, -0.2) is 0 Å². The van der Waals surface area contributed by atoms with Crippen LogP contribution in [0.2, 0.25) is 5.02 Å². The minimum atomic E-state index is -1.26. The predicted molar refractivity (Wildman–Crippen MR) is 55.4 cm³/mol. The Morgan fingerprint density at radius 2 is 2.14 bits per heavy atom. The van der Waals surface area contributed by atoms with Gasteiger partial charge in [-0.05, 0) is 28.1 Å². The third-order valence-electron chi connectivity index (χ3n) is 1.67. The van der Waals surface area contributed by atoms with Crippen molar-refractivity contribution in [1.82, 2.24) is 0 Å². The Morgan fingerprint density at radius 1 is 1.57 bits per heavy atom. The number of benzene rings is 1. The molecule has 0 spiro atoms. The Hall–Kier alpha value is -0.780. The average Bonchev–Trinajstić information content (AvgIpc) is 2.10. The lowest BCUT2D eigenvalue weighted by atomic mass is 10.1. The highest BCUT2D eigenvalue weighted by atomic mass is 79.9. The summed E-state index contributed by atoms with van der Waals surface area (Å²) in [7, 11) is 0. The maximum absolute atomic E-state index is 10.6. The van der Waals surface area contributed by atoms with Gasteiger partial charge in [0.1, 0.15) is 11.8 Å².